The summed E-state index contributed by atoms with van der Waals surface area (Å²) >= 11 is 1.28. The van der Waals surface area contributed by atoms with Gasteiger partial charge in [0.25, 0.3) is 0 Å². The molecule has 0 atom stereocenters. The summed E-state index contributed by atoms with van der Waals surface area (Å²) in [6.45, 7) is 2.91. The van der Waals surface area contributed by atoms with Gasteiger partial charge >= 0.3 is 5.97 Å². The zero-order valence-electron chi connectivity index (χ0n) is 14.3. The lowest BCUT2D eigenvalue weighted by molar-refractivity contribution is 0.0691. The Morgan fingerprint density at radius 3 is 2.50 bits per heavy atom. The molecule has 3 rings (SSSR count). The second-order valence-corrected chi connectivity index (χ2v) is 6.39. The van der Waals surface area contributed by atoms with Crippen LogP contribution in [-0.4, -0.2) is 29.3 Å². The quantitative estimate of drug-likeness (QED) is 0.591. The zero-order valence-corrected chi connectivity index (χ0v) is 15.2. The third-order valence-electron chi connectivity index (χ3n) is 3.78. The van der Waals surface area contributed by atoms with Gasteiger partial charge in [0.05, 0.1) is 5.56 Å². The van der Waals surface area contributed by atoms with Crippen molar-refractivity contribution in [1.82, 2.24) is 4.98 Å². The summed E-state index contributed by atoms with van der Waals surface area (Å²) in [5, 5.41) is 11.2. The predicted molar refractivity (Wildman–Crippen MR) is 101 cm³/mol. The Balaban J connectivity index is 1.60. The summed E-state index contributed by atoms with van der Waals surface area (Å²) in [7, 11) is 0. The number of aromatic nitrogens is 1. The van der Waals surface area contributed by atoms with Gasteiger partial charge in [-0.05, 0) is 36.2 Å². The number of benzene rings is 2. The van der Waals surface area contributed by atoms with E-state index < -0.39 is 5.97 Å². The van der Waals surface area contributed by atoms with Gasteiger partial charge in [0, 0.05) is 5.38 Å². The molecule has 0 aliphatic heterocycles. The third kappa shape index (κ3) is 4.40. The minimum absolute atomic E-state index is 0.0404. The molecule has 0 aliphatic carbocycles. The Bertz CT molecular complexity index is 874. The van der Waals surface area contributed by atoms with Gasteiger partial charge in [-0.3, -0.25) is 0 Å². The van der Waals surface area contributed by atoms with Gasteiger partial charge in [-0.15, -0.1) is 11.3 Å². The van der Waals surface area contributed by atoms with Crippen LogP contribution in [0.2, 0.25) is 0 Å². The van der Waals surface area contributed by atoms with E-state index in [0.717, 1.165) is 17.7 Å². The number of ether oxygens (including phenoxy) is 2. The first kappa shape index (κ1) is 17.9. The van der Waals surface area contributed by atoms with E-state index in [2.05, 4.69) is 11.9 Å². The van der Waals surface area contributed by atoms with Crippen LogP contribution in [0.25, 0.3) is 10.6 Å². The topological polar surface area (TPSA) is 68.7 Å². The summed E-state index contributed by atoms with van der Waals surface area (Å²) in [4.78, 5) is 15.2. The van der Waals surface area contributed by atoms with Crippen LogP contribution in [0, 0.1) is 0 Å². The largest absolute Gasteiger partial charge is 0.490 e. The molecule has 5 nitrogen and oxygen atoms in total. The first-order valence-corrected chi connectivity index (χ1v) is 9.18. The highest BCUT2D eigenvalue weighted by Gasteiger charge is 2.13. The van der Waals surface area contributed by atoms with Gasteiger partial charge in [-0.25, -0.2) is 9.78 Å². The third-order valence-corrected chi connectivity index (χ3v) is 4.66. The van der Waals surface area contributed by atoms with E-state index in [-0.39, 0.29) is 5.69 Å². The van der Waals surface area contributed by atoms with Crippen molar-refractivity contribution in [1.29, 1.82) is 0 Å². The number of thiazole rings is 1. The highest BCUT2D eigenvalue weighted by molar-refractivity contribution is 7.13. The molecule has 0 amide bonds. The van der Waals surface area contributed by atoms with Gasteiger partial charge in [-0.1, -0.05) is 31.2 Å². The van der Waals surface area contributed by atoms with Crippen molar-refractivity contribution in [2.75, 3.05) is 13.2 Å². The van der Waals surface area contributed by atoms with E-state index in [1.807, 2.05) is 48.5 Å². The predicted octanol–water partition coefficient (Wildman–Crippen LogP) is 4.53. The average molecular weight is 369 g/mol. The number of rotatable bonds is 8. The molecule has 0 unspecified atom stereocenters. The Labute approximate surface area is 155 Å². The summed E-state index contributed by atoms with van der Waals surface area (Å²) in [6.07, 6.45) is 1.00. The Morgan fingerprint density at radius 1 is 1.08 bits per heavy atom. The van der Waals surface area contributed by atoms with Crippen LogP contribution < -0.4 is 9.47 Å². The molecule has 0 fully saturated rings. The van der Waals surface area contributed by atoms with Gasteiger partial charge < -0.3 is 14.6 Å². The number of nitrogens with zero attached hydrogens (tertiary/aromatic N) is 1. The number of hydrogen-bond acceptors (Lipinski definition) is 5. The van der Waals surface area contributed by atoms with Gasteiger partial charge in [0.2, 0.25) is 0 Å². The van der Waals surface area contributed by atoms with E-state index in [1.165, 1.54) is 22.3 Å². The molecule has 0 bridgehead atoms. The molecule has 1 N–H and O–H groups in total. The van der Waals surface area contributed by atoms with Gasteiger partial charge in [0.15, 0.2) is 5.69 Å². The van der Waals surface area contributed by atoms with Crippen LogP contribution in [0.15, 0.2) is 53.9 Å². The maximum Gasteiger partial charge on any atom is 0.355 e. The van der Waals surface area contributed by atoms with Gasteiger partial charge in [0.1, 0.15) is 29.7 Å². The van der Waals surface area contributed by atoms with E-state index in [0.29, 0.717) is 24.0 Å². The molecule has 0 saturated heterocycles. The van der Waals surface area contributed by atoms with Crippen LogP contribution in [0.5, 0.6) is 11.5 Å². The lowest BCUT2D eigenvalue weighted by atomic mass is 10.2. The second kappa shape index (κ2) is 8.49. The number of aryl methyl sites for hydroxylation is 1. The van der Waals surface area contributed by atoms with Crippen molar-refractivity contribution in [3.63, 3.8) is 0 Å². The average Bonchev–Trinajstić information content (AvgIpc) is 3.16. The molecule has 134 valence electrons. The Hall–Kier alpha value is -2.86. The summed E-state index contributed by atoms with van der Waals surface area (Å²) in [5.41, 5.74) is 2.09. The molecule has 0 aliphatic rings. The van der Waals surface area contributed by atoms with E-state index >= 15 is 0 Å². The standard InChI is InChI=1S/C20H19NO4S/c1-2-14-7-9-15(10-8-14)24-11-12-25-18-6-4-3-5-16(18)19-21-17(13-26-19)20(22)23/h3-10,13H,2,11-12H2,1H3,(H,22,23). The summed E-state index contributed by atoms with van der Waals surface area (Å²) < 4.78 is 11.5. The highest BCUT2D eigenvalue weighted by atomic mass is 32.1. The lowest BCUT2D eigenvalue weighted by Crippen LogP contribution is -2.09. The fourth-order valence-electron chi connectivity index (χ4n) is 2.40. The number of carboxylic acids is 1. The van der Waals surface area contributed by atoms with Gasteiger partial charge in [-0.2, -0.15) is 0 Å². The maximum absolute atomic E-state index is 11.0. The molecule has 0 spiro atoms. The SMILES string of the molecule is CCc1ccc(OCCOc2ccccc2-c2nc(C(=O)O)cs2)cc1. The monoisotopic (exact) mass is 369 g/mol. The molecule has 0 saturated carbocycles. The van der Waals surface area contributed by atoms with E-state index in [1.54, 1.807) is 0 Å². The van der Waals surface area contributed by atoms with Crippen molar-refractivity contribution in [3.8, 4) is 22.1 Å². The van der Waals surface area contributed by atoms with E-state index in [9.17, 15) is 4.79 Å². The molecule has 3 aromatic rings. The van der Waals surface area contributed by atoms with Crippen LogP contribution >= 0.6 is 11.3 Å². The van der Waals surface area contributed by atoms with E-state index in [4.69, 9.17) is 14.6 Å². The maximum atomic E-state index is 11.0. The molecule has 0 radical (unpaired) electrons. The van der Waals surface area contributed by atoms with Crippen LogP contribution in [0.3, 0.4) is 0 Å². The summed E-state index contributed by atoms with van der Waals surface area (Å²) in [5.74, 6) is 0.433. The molecule has 1 aromatic heterocycles. The molecular weight excluding hydrogens is 350 g/mol. The van der Waals surface area contributed by atoms with Crippen LogP contribution in [0.1, 0.15) is 23.0 Å². The molecular formula is C20H19NO4S. The smallest absolute Gasteiger partial charge is 0.355 e. The van der Waals surface area contributed by atoms with Crippen molar-refractivity contribution in [2.45, 2.75) is 13.3 Å². The fraction of sp³-hybridized carbons (Fsp3) is 0.200. The molecule has 2 aromatic carbocycles. The second-order valence-electron chi connectivity index (χ2n) is 5.53. The zero-order chi connectivity index (χ0) is 18.4. The molecule has 1 heterocycles. The molecule has 26 heavy (non-hydrogen) atoms. The minimum atomic E-state index is -1.03. The number of carbonyl (C=O) groups is 1. The number of hydrogen-bond donors (Lipinski definition) is 1. The lowest BCUT2D eigenvalue weighted by Gasteiger charge is -2.11. The molecule has 6 heteroatoms. The number of carboxylic acid groups (broad SMARTS) is 1. The van der Waals surface area contributed by atoms with Crippen LogP contribution in [-0.2, 0) is 6.42 Å². The first-order valence-electron chi connectivity index (χ1n) is 8.30. The van der Waals surface area contributed by atoms with Crippen molar-refractivity contribution in [3.05, 3.63) is 65.2 Å². The highest BCUT2D eigenvalue weighted by Crippen LogP contribution is 2.32. The van der Waals surface area contributed by atoms with Crippen molar-refractivity contribution in [2.24, 2.45) is 0 Å². The normalized spacial score (nSPS) is 10.5. The van der Waals surface area contributed by atoms with Crippen LogP contribution in [0.4, 0.5) is 0 Å². The number of para-hydroxylation sites is 1. The van der Waals surface area contributed by atoms with Crippen molar-refractivity contribution < 1.29 is 19.4 Å². The summed E-state index contributed by atoms with van der Waals surface area (Å²) in [6, 6.07) is 15.5. The number of aromatic carboxylic acids is 1. The Morgan fingerprint density at radius 2 is 1.81 bits per heavy atom. The fourth-order valence-corrected chi connectivity index (χ4v) is 3.22. The van der Waals surface area contributed by atoms with Crippen molar-refractivity contribution >= 4 is 17.3 Å². The first-order chi connectivity index (χ1) is 12.7. The Kier molecular flexibility index (Phi) is 5.86. The minimum Gasteiger partial charge on any atom is -0.490 e.